The Hall–Kier alpha value is -1.17. The fourth-order valence-electron chi connectivity index (χ4n) is 0.638. The van der Waals surface area contributed by atoms with Crippen molar-refractivity contribution in [2.24, 2.45) is 0 Å². The van der Waals surface area contributed by atoms with Crippen LogP contribution in [0.4, 0.5) is 0 Å². The number of aromatic nitrogens is 2. The van der Waals surface area contributed by atoms with E-state index in [1.54, 1.807) is 6.92 Å². The van der Waals surface area contributed by atoms with Gasteiger partial charge in [-0.1, -0.05) is 11.3 Å². The monoisotopic (exact) mass is 174 g/mol. The first-order valence-corrected chi connectivity index (χ1v) is 3.67. The zero-order valence-electron chi connectivity index (χ0n) is 5.77. The molecule has 1 heterocycles. The van der Waals surface area contributed by atoms with Gasteiger partial charge in [-0.15, -0.1) is 0 Å². The Kier molecular flexibility index (Phi) is 2.04. The second-order valence-corrected chi connectivity index (χ2v) is 3.08. The molecule has 0 amide bonds. The van der Waals surface area contributed by atoms with E-state index in [0.717, 1.165) is 16.0 Å². The molecule has 1 N–H and O–H groups in total. The van der Waals surface area contributed by atoms with Crippen molar-refractivity contribution >= 4 is 17.3 Å². The minimum absolute atomic E-state index is 0.329. The lowest BCUT2D eigenvalue weighted by atomic mass is 10.7. The summed E-state index contributed by atoms with van der Waals surface area (Å²) >= 11 is 0.944. The van der Waals surface area contributed by atoms with Crippen LogP contribution in [0, 0.1) is 6.92 Å². The Morgan fingerprint density at radius 3 is 2.82 bits per heavy atom. The molecule has 1 rings (SSSR count). The van der Waals surface area contributed by atoms with Gasteiger partial charge in [-0.3, -0.25) is 9.59 Å². The summed E-state index contributed by atoms with van der Waals surface area (Å²) in [5, 5.41) is 12.6. The van der Waals surface area contributed by atoms with Gasteiger partial charge < -0.3 is 5.11 Å². The largest absolute Gasteiger partial charge is 0.480 e. The molecule has 0 bridgehead atoms. The van der Waals surface area contributed by atoms with Crippen LogP contribution >= 0.6 is 11.3 Å². The first-order valence-electron chi connectivity index (χ1n) is 2.86. The molecule has 1 aromatic rings. The lowest BCUT2D eigenvalue weighted by molar-refractivity contribution is -0.137. The molecule has 5 nitrogen and oxygen atoms in total. The highest BCUT2D eigenvalue weighted by Crippen LogP contribution is 1.93. The Morgan fingerprint density at radius 2 is 2.45 bits per heavy atom. The molecule has 0 saturated heterocycles. The van der Waals surface area contributed by atoms with Gasteiger partial charge in [0.25, 0.3) is 0 Å². The standard InChI is InChI=1S/C5H6N2O3S/c1-3-6-7(2-4(8)9)5(10)11-3/h2H2,1H3,(H,8,9). The summed E-state index contributed by atoms with van der Waals surface area (Å²) in [6, 6.07) is 0. The van der Waals surface area contributed by atoms with Crippen LogP contribution in [0.3, 0.4) is 0 Å². The highest BCUT2D eigenvalue weighted by atomic mass is 32.1. The third-order valence-electron chi connectivity index (χ3n) is 0.992. The van der Waals surface area contributed by atoms with Gasteiger partial charge in [-0.25, -0.2) is 4.68 Å². The van der Waals surface area contributed by atoms with Crippen LogP contribution in [0.5, 0.6) is 0 Å². The molecule has 6 heteroatoms. The number of carbonyl (C=O) groups is 1. The highest BCUT2D eigenvalue weighted by molar-refractivity contribution is 7.08. The van der Waals surface area contributed by atoms with E-state index in [1.807, 2.05) is 0 Å². The SMILES string of the molecule is Cc1nn(CC(=O)O)c(=O)s1. The molecular weight excluding hydrogens is 168 g/mol. The van der Waals surface area contributed by atoms with Crippen LogP contribution < -0.4 is 4.87 Å². The van der Waals surface area contributed by atoms with Crippen molar-refractivity contribution in [2.75, 3.05) is 0 Å². The number of nitrogens with zero attached hydrogens (tertiary/aromatic N) is 2. The fraction of sp³-hybridized carbons (Fsp3) is 0.400. The minimum atomic E-state index is -1.06. The molecule has 1 aromatic heterocycles. The van der Waals surface area contributed by atoms with Gasteiger partial charge in [0.15, 0.2) is 0 Å². The van der Waals surface area contributed by atoms with E-state index in [2.05, 4.69) is 5.10 Å². The smallest absolute Gasteiger partial charge is 0.325 e. The third kappa shape index (κ3) is 1.87. The van der Waals surface area contributed by atoms with E-state index in [9.17, 15) is 9.59 Å². The van der Waals surface area contributed by atoms with E-state index in [4.69, 9.17) is 5.11 Å². The van der Waals surface area contributed by atoms with Crippen LogP contribution in [0.25, 0.3) is 0 Å². The average Bonchev–Trinajstić information content (AvgIpc) is 2.09. The number of aryl methyl sites for hydroxylation is 1. The molecule has 0 spiro atoms. The van der Waals surface area contributed by atoms with Gasteiger partial charge >= 0.3 is 10.8 Å². The summed E-state index contributed by atoms with van der Waals surface area (Å²) in [7, 11) is 0. The number of hydrogen-bond donors (Lipinski definition) is 1. The molecule has 0 atom stereocenters. The second kappa shape index (κ2) is 2.83. The maximum atomic E-state index is 10.8. The average molecular weight is 174 g/mol. The predicted molar refractivity (Wildman–Crippen MR) is 38.7 cm³/mol. The zero-order valence-corrected chi connectivity index (χ0v) is 6.59. The van der Waals surface area contributed by atoms with E-state index in [0.29, 0.717) is 5.01 Å². The van der Waals surface area contributed by atoms with E-state index in [1.165, 1.54) is 0 Å². The molecule has 0 aliphatic carbocycles. The van der Waals surface area contributed by atoms with E-state index < -0.39 is 5.97 Å². The lowest BCUT2D eigenvalue weighted by Crippen LogP contribution is -2.20. The highest BCUT2D eigenvalue weighted by Gasteiger charge is 2.05. The number of aliphatic carboxylic acids is 1. The summed E-state index contributed by atoms with van der Waals surface area (Å²) in [4.78, 5) is 20.6. The van der Waals surface area contributed by atoms with Gasteiger partial charge in [-0.05, 0) is 6.92 Å². The van der Waals surface area contributed by atoms with Crippen molar-refractivity contribution < 1.29 is 9.90 Å². The van der Waals surface area contributed by atoms with Gasteiger partial charge in [0.1, 0.15) is 11.6 Å². The maximum Gasteiger partial charge on any atom is 0.325 e. The maximum absolute atomic E-state index is 10.8. The molecular formula is C5H6N2O3S. The van der Waals surface area contributed by atoms with Gasteiger partial charge in [0.05, 0.1) is 0 Å². The van der Waals surface area contributed by atoms with Crippen molar-refractivity contribution in [3.05, 3.63) is 14.7 Å². The molecule has 0 aliphatic rings. The van der Waals surface area contributed by atoms with Gasteiger partial charge in [0, 0.05) is 0 Å². The molecule has 0 radical (unpaired) electrons. The third-order valence-corrected chi connectivity index (χ3v) is 1.75. The normalized spacial score (nSPS) is 9.91. The second-order valence-electron chi connectivity index (χ2n) is 1.94. The minimum Gasteiger partial charge on any atom is -0.480 e. The number of carboxylic acids is 1. The molecule has 60 valence electrons. The lowest BCUT2D eigenvalue weighted by Gasteiger charge is -1.90. The molecule has 0 aliphatic heterocycles. The van der Waals surface area contributed by atoms with Crippen molar-refractivity contribution in [1.29, 1.82) is 0 Å². The van der Waals surface area contributed by atoms with Gasteiger partial charge in [0.2, 0.25) is 0 Å². The van der Waals surface area contributed by atoms with E-state index >= 15 is 0 Å². The number of hydrogen-bond acceptors (Lipinski definition) is 4. The van der Waals surface area contributed by atoms with E-state index in [-0.39, 0.29) is 11.4 Å². The Labute approximate surface area is 65.9 Å². The summed E-state index contributed by atoms with van der Waals surface area (Å²) in [5.41, 5.74) is 0. The Bertz CT molecular complexity index is 327. The van der Waals surface area contributed by atoms with Crippen LogP contribution in [0.1, 0.15) is 5.01 Å². The van der Waals surface area contributed by atoms with Crippen LogP contribution in [0.15, 0.2) is 4.79 Å². The summed E-state index contributed by atoms with van der Waals surface area (Å²) in [6.45, 7) is 1.30. The topological polar surface area (TPSA) is 72.2 Å². The number of carboxylic acid groups (broad SMARTS) is 1. The van der Waals surface area contributed by atoms with Crippen LogP contribution in [0.2, 0.25) is 0 Å². The molecule has 0 fully saturated rings. The summed E-state index contributed by atoms with van der Waals surface area (Å²) in [5.74, 6) is -1.06. The molecule has 11 heavy (non-hydrogen) atoms. The first kappa shape index (κ1) is 7.93. The van der Waals surface area contributed by atoms with Crippen LogP contribution in [-0.2, 0) is 11.3 Å². The molecule has 0 unspecified atom stereocenters. The summed E-state index contributed by atoms with van der Waals surface area (Å²) < 4.78 is 0.933. The first-order chi connectivity index (χ1) is 5.09. The van der Waals surface area contributed by atoms with Crippen LogP contribution in [-0.4, -0.2) is 20.9 Å². The summed E-state index contributed by atoms with van der Waals surface area (Å²) in [6.07, 6.45) is 0. The Morgan fingerprint density at radius 1 is 1.82 bits per heavy atom. The fourth-order valence-corrected chi connectivity index (χ4v) is 1.24. The molecule has 0 aromatic carbocycles. The van der Waals surface area contributed by atoms with Crippen molar-refractivity contribution in [3.8, 4) is 0 Å². The molecule has 0 saturated carbocycles. The quantitative estimate of drug-likeness (QED) is 0.668. The Balaban J connectivity index is 2.95. The number of rotatable bonds is 2. The predicted octanol–water partition coefficient (Wildman–Crippen LogP) is -0.302. The zero-order chi connectivity index (χ0) is 8.43. The van der Waals surface area contributed by atoms with Crippen molar-refractivity contribution in [2.45, 2.75) is 13.5 Å². The van der Waals surface area contributed by atoms with Crippen molar-refractivity contribution in [3.63, 3.8) is 0 Å². The van der Waals surface area contributed by atoms with Gasteiger partial charge in [-0.2, -0.15) is 5.10 Å². The van der Waals surface area contributed by atoms with Crippen molar-refractivity contribution in [1.82, 2.24) is 9.78 Å².